The summed E-state index contributed by atoms with van der Waals surface area (Å²) in [4.78, 5) is 28.8. The summed E-state index contributed by atoms with van der Waals surface area (Å²) in [5.74, 6) is -1.08. The van der Waals surface area contributed by atoms with Crippen LogP contribution in [-0.4, -0.2) is 20.4 Å². The van der Waals surface area contributed by atoms with Crippen LogP contribution in [0.5, 0.6) is 0 Å². The molecule has 2 aromatic heterocycles. The number of pyridine rings is 1. The molecule has 6 nitrogen and oxygen atoms in total. The molecule has 2 N–H and O–H groups in total. The van der Waals surface area contributed by atoms with E-state index in [4.69, 9.17) is 5.11 Å². The van der Waals surface area contributed by atoms with Crippen molar-refractivity contribution in [3.05, 3.63) is 81.2 Å². The highest BCUT2D eigenvalue weighted by Crippen LogP contribution is 2.10. The van der Waals surface area contributed by atoms with E-state index in [9.17, 15) is 14.0 Å². The van der Waals surface area contributed by atoms with Crippen LogP contribution >= 0.6 is 0 Å². The average molecular weight is 341 g/mol. The molecule has 0 aliphatic heterocycles. The number of nitrogens with zero attached hydrogens (tertiary/aromatic N) is 2. The lowest BCUT2D eigenvalue weighted by atomic mass is 10.1. The number of aromatic nitrogens is 2. The Bertz CT molecular complexity index is 1010. The summed E-state index contributed by atoms with van der Waals surface area (Å²) in [6.45, 7) is 1.56. The van der Waals surface area contributed by atoms with Crippen LogP contribution in [-0.2, 0) is 13.2 Å². The Morgan fingerprint density at radius 2 is 2.12 bits per heavy atom. The van der Waals surface area contributed by atoms with E-state index in [0.29, 0.717) is 11.2 Å². The molecular weight excluding hydrogens is 325 g/mol. The van der Waals surface area contributed by atoms with Gasteiger partial charge in [-0.15, -0.1) is 0 Å². The second kappa shape index (κ2) is 6.82. The summed E-state index contributed by atoms with van der Waals surface area (Å²) in [7, 11) is 0. The lowest BCUT2D eigenvalue weighted by molar-refractivity contribution is 0.0949. The molecule has 1 amide bonds. The number of nitrogens with one attached hydrogen (secondary N) is 1. The van der Waals surface area contributed by atoms with E-state index < -0.39 is 23.9 Å². The molecule has 0 aliphatic rings. The average Bonchev–Trinajstić information content (AvgIpc) is 2.61. The van der Waals surface area contributed by atoms with Crippen LogP contribution in [0.25, 0.3) is 5.65 Å². The number of amides is 1. The molecule has 0 bridgehead atoms. The van der Waals surface area contributed by atoms with Crippen molar-refractivity contribution >= 4 is 11.6 Å². The first-order valence-corrected chi connectivity index (χ1v) is 7.64. The number of rotatable bonds is 4. The zero-order valence-corrected chi connectivity index (χ0v) is 13.5. The minimum atomic E-state index is -0.567. The largest absolute Gasteiger partial charge is 0.392 e. The monoisotopic (exact) mass is 341 g/mol. The number of carbonyl (C=O) groups excluding carboxylic acids is 1. The first-order valence-electron chi connectivity index (χ1n) is 7.64. The number of aliphatic hydroxyl groups is 1. The number of aryl methyl sites for hydroxylation is 1. The first-order chi connectivity index (χ1) is 12.0. The second-order valence-electron chi connectivity index (χ2n) is 5.68. The van der Waals surface area contributed by atoms with Gasteiger partial charge in [0.15, 0.2) is 0 Å². The van der Waals surface area contributed by atoms with Crippen molar-refractivity contribution < 1.29 is 14.3 Å². The van der Waals surface area contributed by atoms with E-state index in [1.54, 1.807) is 18.3 Å². The quantitative estimate of drug-likeness (QED) is 0.754. The molecule has 2 heterocycles. The van der Waals surface area contributed by atoms with Crippen molar-refractivity contribution in [3.8, 4) is 0 Å². The smallest absolute Gasteiger partial charge is 0.270 e. The topological polar surface area (TPSA) is 83.7 Å². The number of hydrogen-bond donors (Lipinski definition) is 2. The molecule has 0 spiro atoms. The van der Waals surface area contributed by atoms with Crippen molar-refractivity contribution in [3.63, 3.8) is 0 Å². The van der Waals surface area contributed by atoms with Crippen LogP contribution < -0.4 is 10.9 Å². The Labute approximate surface area is 142 Å². The van der Waals surface area contributed by atoms with Crippen LogP contribution in [0, 0.1) is 12.7 Å². The van der Waals surface area contributed by atoms with Crippen LogP contribution in [0.4, 0.5) is 4.39 Å². The molecule has 3 aromatic rings. The number of aliphatic hydroxyl groups excluding tert-OH is 1. The van der Waals surface area contributed by atoms with Gasteiger partial charge >= 0.3 is 0 Å². The minimum Gasteiger partial charge on any atom is -0.392 e. The van der Waals surface area contributed by atoms with Gasteiger partial charge in [-0.05, 0) is 42.3 Å². The van der Waals surface area contributed by atoms with Gasteiger partial charge in [-0.2, -0.15) is 0 Å². The summed E-state index contributed by atoms with van der Waals surface area (Å²) in [5.41, 5.74) is 1.65. The molecule has 25 heavy (non-hydrogen) atoms. The van der Waals surface area contributed by atoms with E-state index in [2.05, 4.69) is 10.3 Å². The Balaban J connectivity index is 1.82. The van der Waals surface area contributed by atoms with E-state index in [1.165, 1.54) is 28.8 Å². The molecule has 0 atom stereocenters. The molecule has 1 aromatic carbocycles. The molecule has 0 aliphatic carbocycles. The van der Waals surface area contributed by atoms with Crippen molar-refractivity contribution in [1.82, 2.24) is 14.7 Å². The van der Waals surface area contributed by atoms with Crippen molar-refractivity contribution in [2.24, 2.45) is 0 Å². The normalized spacial score (nSPS) is 10.8. The van der Waals surface area contributed by atoms with Crippen molar-refractivity contribution in [1.29, 1.82) is 0 Å². The van der Waals surface area contributed by atoms with Gasteiger partial charge in [0, 0.05) is 24.5 Å². The molecular formula is C18H16FN3O3. The van der Waals surface area contributed by atoms with Gasteiger partial charge in [0.05, 0.1) is 6.61 Å². The zero-order chi connectivity index (χ0) is 18.0. The maximum absolute atomic E-state index is 13.4. The highest BCUT2D eigenvalue weighted by atomic mass is 19.1. The Morgan fingerprint density at radius 3 is 2.88 bits per heavy atom. The van der Waals surface area contributed by atoms with Crippen molar-refractivity contribution in [2.45, 2.75) is 20.1 Å². The first kappa shape index (κ1) is 16.8. The van der Waals surface area contributed by atoms with Crippen LogP contribution in [0.3, 0.4) is 0 Å². The number of hydrogen-bond acceptors (Lipinski definition) is 4. The molecule has 128 valence electrons. The third kappa shape index (κ3) is 3.41. The fourth-order valence-electron chi connectivity index (χ4n) is 2.47. The predicted molar refractivity (Wildman–Crippen MR) is 89.7 cm³/mol. The summed E-state index contributed by atoms with van der Waals surface area (Å²) in [6.07, 6.45) is 2.82. The summed E-state index contributed by atoms with van der Waals surface area (Å²) in [6, 6.07) is 7.69. The minimum absolute atomic E-state index is 0.0779. The predicted octanol–water partition coefficient (Wildman–Crippen LogP) is 1.56. The summed E-state index contributed by atoms with van der Waals surface area (Å²) in [5, 5.41) is 11.7. The molecule has 0 radical (unpaired) electrons. The molecule has 0 fully saturated rings. The molecule has 7 heteroatoms. The third-order valence-electron chi connectivity index (χ3n) is 3.84. The number of benzene rings is 1. The van der Waals surface area contributed by atoms with E-state index >= 15 is 0 Å². The lowest BCUT2D eigenvalue weighted by Gasteiger charge is -2.08. The maximum Gasteiger partial charge on any atom is 0.270 e. The van der Waals surface area contributed by atoms with E-state index in [1.807, 2.05) is 6.92 Å². The number of carbonyl (C=O) groups is 1. The maximum atomic E-state index is 13.4. The van der Waals surface area contributed by atoms with Gasteiger partial charge in [-0.1, -0.05) is 6.07 Å². The van der Waals surface area contributed by atoms with Gasteiger partial charge in [0.2, 0.25) is 0 Å². The number of halogens is 1. The Kier molecular flexibility index (Phi) is 4.58. The van der Waals surface area contributed by atoms with Crippen LogP contribution in [0.1, 0.15) is 27.0 Å². The van der Waals surface area contributed by atoms with Crippen LogP contribution in [0.2, 0.25) is 0 Å². The van der Waals surface area contributed by atoms with Gasteiger partial charge < -0.3 is 10.4 Å². The Hall–Kier alpha value is -3.06. The van der Waals surface area contributed by atoms with Gasteiger partial charge in [-0.3, -0.25) is 14.0 Å². The zero-order valence-electron chi connectivity index (χ0n) is 13.5. The number of fused-ring (bicyclic) bond motifs is 1. The van der Waals surface area contributed by atoms with Gasteiger partial charge in [0.25, 0.3) is 11.5 Å². The summed E-state index contributed by atoms with van der Waals surface area (Å²) >= 11 is 0. The molecule has 3 rings (SSSR count). The van der Waals surface area contributed by atoms with Crippen LogP contribution in [0.15, 0.2) is 47.5 Å². The third-order valence-corrected chi connectivity index (χ3v) is 3.84. The standard InChI is InChI=1S/C18H16FN3O3/c1-11-4-5-22-16(6-11)20-9-14(18(22)25)17(24)21-8-12-2-3-15(19)13(7-12)10-23/h2-7,9,23H,8,10H2,1H3,(H,21,24). The fourth-order valence-corrected chi connectivity index (χ4v) is 2.47. The van der Waals surface area contributed by atoms with Crippen molar-refractivity contribution in [2.75, 3.05) is 0 Å². The second-order valence-corrected chi connectivity index (χ2v) is 5.68. The highest BCUT2D eigenvalue weighted by molar-refractivity contribution is 5.93. The fraction of sp³-hybridized carbons (Fsp3) is 0.167. The van der Waals surface area contributed by atoms with E-state index in [-0.39, 0.29) is 17.7 Å². The van der Waals surface area contributed by atoms with E-state index in [0.717, 1.165) is 5.56 Å². The molecule has 0 saturated carbocycles. The van der Waals surface area contributed by atoms with Gasteiger partial charge in [-0.25, -0.2) is 9.37 Å². The molecule has 0 unspecified atom stereocenters. The SMILES string of the molecule is Cc1ccn2c(=O)c(C(=O)NCc3ccc(F)c(CO)c3)cnc2c1. The Morgan fingerprint density at radius 1 is 1.32 bits per heavy atom. The lowest BCUT2D eigenvalue weighted by Crippen LogP contribution is -2.31. The summed E-state index contributed by atoms with van der Waals surface area (Å²) < 4.78 is 14.7. The van der Waals surface area contributed by atoms with Gasteiger partial charge in [0.1, 0.15) is 17.0 Å². The highest BCUT2D eigenvalue weighted by Gasteiger charge is 2.13. The molecule has 0 saturated heterocycles.